The Kier molecular flexibility index (Phi) is 9.53. The van der Waals surface area contributed by atoms with Crippen LogP contribution in [0.4, 0.5) is 0 Å². The third-order valence-corrected chi connectivity index (χ3v) is 6.15. The fraction of sp³-hybridized carbons (Fsp3) is 0.556. The molecule has 0 amide bonds. The minimum Gasteiger partial charge on any atom is -0.474 e. The average Bonchev–Trinajstić information content (AvgIpc) is 3.21. The molecular weight excluding hydrogens is 478 g/mol. The van der Waals surface area contributed by atoms with E-state index in [4.69, 9.17) is 26.2 Å². The van der Waals surface area contributed by atoms with Crippen molar-refractivity contribution in [2.75, 3.05) is 37.9 Å². The van der Waals surface area contributed by atoms with Crippen LogP contribution in [0.25, 0.3) is 16.9 Å². The standard InChI is InChI=1S/C18H24ClN7O4S2/c1-3-9-31-17-20-13(19)12(16(23-17)30-8-6-28)26-14-11(24-25-26)15(29-7-5-27)22-18(21-14)32-10-4-2/h27-28H,3-10H2,1-2H3. The molecule has 3 aromatic heterocycles. The van der Waals surface area contributed by atoms with Gasteiger partial charge in [-0.2, -0.15) is 14.6 Å². The minimum atomic E-state index is -0.199. The number of ether oxygens (including phenoxy) is 2. The number of rotatable bonds is 13. The Balaban J connectivity index is 2.14. The Hall–Kier alpha value is -1.93. The third kappa shape index (κ3) is 5.90. The van der Waals surface area contributed by atoms with Gasteiger partial charge in [-0.15, -0.1) is 5.10 Å². The molecule has 0 aliphatic rings. The maximum Gasteiger partial charge on any atom is 0.248 e. The summed E-state index contributed by atoms with van der Waals surface area (Å²) < 4.78 is 12.6. The van der Waals surface area contributed by atoms with Crippen LogP contribution < -0.4 is 9.47 Å². The fourth-order valence-corrected chi connectivity index (χ4v) is 4.16. The molecule has 174 valence electrons. The molecule has 14 heteroatoms. The summed E-state index contributed by atoms with van der Waals surface area (Å²) in [4.78, 5) is 17.8. The highest BCUT2D eigenvalue weighted by Crippen LogP contribution is 2.33. The van der Waals surface area contributed by atoms with E-state index in [9.17, 15) is 5.11 Å². The lowest BCUT2D eigenvalue weighted by Crippen LogP contribution is -2.11. The van der Waals surface area contributed by atoms with E-state index in [1.165, 1.54) is 28.2 Å². The molecule has 0 atom stereocenters. The normalized spacial score (nSPS) is 11.3. The lowest BCUT2D eigenvalue weighted by atomic mass is 10.4. The molecule has 11 nitrogen and oxygen atoms in total. The summed E-state index contributed by atoms with van der Waals surface area (Å²) >= 11 is 9.43. The van der Waals surface area contributed by atoms with Gasteiger partial charge in [0.25, 0.3) is 0 Å². The van der Waals surface area contributed by atoms with Crippen LogP contribution in [0.3, 0.4) is 0 Å². The van der Waals surface area contributed by atoms with E-state index in [2.05, 4.69) is 44.1 Å². The van der Waals surface area contributed by atoms with Gasteiger partial charge < -0.3 is 19.7 Å². The Labute approximate surface area is 198 Å². The molecule has 0 spiro atoms. The maximum absolute atomic E-state index is 9.24. The van der Waals surface area contributed by atoms with Crippen LogP contribution in [0.2, 0.25) is 5.15 Å². The van der Waals surface area contributed by atoms with Gasteiger partial charge in [0.2, 0.25) is 11.8 Å². The molecule has 0 aliphatic heterocycles. The zero-order valence-electron chi connectivity index (χ0n) is 17.7. The fourth-order valence-electron chi connectivity index (χ4n) is 2.49. The molecule has 3 heterocycles. The second-order valence-electron chi connectivity index (χ2n) is 6.28. The first kappa shape index (κ1) is 24.7. The van der Waals surface area contributed by atoms with Gasteiger partial charge in [-0.1, -0.05) is 54.2 Å². The zero-order chi connectivity index (χ0) is 22.9. The number of nitrogens with zero attached hydrogens (tertiary/aromatic N) is 7. The first-order chi connectivity index (χ1) is 15.6. The smallest absolute Gasteiger partial charge is 0.248 e. The summed E-state index contributed by atoms with van der Waals surface area (Å²) in [6, 6.07) is 0. The Bertz CT molecular complexity index is 1040. The molecule has 2 N–H and O–H groups in total. The molecule has 3 aromatic rings. The highest BCUT2D eigenvalue weighted by Gasteiger charge is 2.24. The van der Waals surface area contributed by atoms with Crippen LogP contribution in [0.1, 0.15) is 26.7 Å². The molecule has 0 unspecified atom stereocenters. The molecule has 32 heavy (non-hydrogen) atoms. The maximum atomic E-state index is 9.24. The highest BCUT2D eigenvalue weighted by molar-refractivity contribution is 7.99. The van der Waals surface area contributed by atoms with Crippen molar-refractivity contribution in [3.63, 3.8) is 0 Å². The van der Waals surface area contributed by atoms with Crippen molar-refractivity contribution in [1.82, 2.24) is 34.9 Å². The summed E-state index contributed by atoms with van der Waals surface area (Å²) in [6.07, 6.45) is 1.88. The SMILES string of the molecule is CCCSc1nc(Cl)c(-n2nnc3c(OCCO)nc(SCCC)nc32)c(OCCO)n1. The summed E-state index contributed by atoms with van der Waals surface area (Å²) in [6.45, 7) is 3.80. The molecule has 0 radical (unpaired) electrons. The van der Waals surface area contributed by atoms with Crippen molar-refractivity contribution in [3.8, 4) is 17.4 Å². The van der Waals surface area contributed by atoms with E-state index in [0.29, 0.717) is 21.5 Å². The number of aliphatic hydroxyl groups excluding tert-OH is 2. The third-order valence-electron chi connectivity index (χ3n) is 3.78. The van der Waals surface area contributed by atoms with Gasteiger partial charge in [0, 0.05) is 11.5 Å². The molecule has 3 rings (SSSR count). The molecular formula is C18H24ClN7O4S2. The molecule has 0 aromatic carbocycles. The van der Waals surface area contributed by atoms with E-state index < -0.39 is 0 Å². The van der Waals surface area contributed by atoms with Crippen LogP contribution in [0, 0.1) is 0 Å². The number of hydrogen-bond acceptors (Lipinski definition) is 12. The van der Waals surface area contributed by atoms with Gasteiger partial charge in [0.1, 0.15) is 13.2 Å². The van der Waals surface area contributed by atoms with Crippen LogP contribution >= 0.6 is 35.1 Å². The molecule has 0 saturated carbocycles. The number of hydrogen-bond donors (Lipinski definition) is 2. The lowest BCUT2D eigenvalue weighted by molar-refractivity contribution is 0.195. The number of aliphatic hydroxyl groups is 2. The van der Waals surface area contributed by atoms with Crippen molar-refractivity contribution in [3.05, 3.63) is 5.15 Å². The second kappa shape index (κ2) is 12.3. The van der Waals surface area contributed by atoms with Crippen LogP contribution in [-0.4, -0.2) is 83.1 Å². The van der Waals surface area contributed by atoms with Crippen molar-refractivity contribution in [2.24, 2.45) is 0 Å². The van der Waals surface area contributed by atoms with E-state index in [1.807, 2.05) is 0 Å². The molecule has 0 saturated heterocycles. The Morgan fingerprint density at radius 1 is 0.875 bits per heavy atom. The summed E-state index contributed by atoms with van der Waals surface area (Å²) in [7, 11) is 0. The Morgan fingerprint density at radius 2 is 1.47 bits per heavy atom. The summed E-state index contributed by atoms with van der Waals surface area (Å²) in [5.74, 6) is 1.99. The molecule has 0 bridgehead atoms. The van der Waals surface area contributed by atoms with Gasteiger partial charge in [-0.05, 0) is 12.8 Å². The number of thioether (sulfide) groups is 2. The summed E-state index contributed by atoms with van der Waals surface area (Å²) in [5, 5.41) is 27.8. The quantitative estimate of drug-likeness (QED) is 0.202. The van der Waals surface area contributed by atoms with Crippen molar-refractivity contribution >= 4 is 46.3 Å². The van der Waals surface area contributed by atoms with E-state index in [-0.39, 0.29) is 49.0 Å². The number of aromatic nitrogens is 7. The number of fused-ring (bicyclic) bond motifs is 1. The van der Waals surface area contributed by atoms with E-state index >= 15 is 0 Å². The van der Waals surface area contributed by atoms with Crippen LogP contribution in [0.5, 0.6) is 11.8 Å². The van der Waals surface area contributed by atoms with Gasteiger partial charge >= 0.3 is 0 Å². The minimum absolute atomic E-state index is 0.0162. The Morgan fingerprint density at radius 3 is 2.09 bits per heavy atom. The predicted octanol–water partition coefficient (Wildman–Crippen LogP) is 2.40. The highest BCUT2D eigenvalue weighted by atomic mass is 35.5. The lowest BCUT2D eigenvalue weighted by Gasteiger charge is -2.12. The van der Waals surface area contributed by atoms with Crippen molar-refractivity contribution in [2.45, 2.75) is 37.0 Å². The largest absolute Gasteiger partial charge is 0.474 e. The predicted molar refractivity (Wildman–Crippen MR) is 122 cm³/mol. The first-order valence-corrected chi connectivity index (χ1v) is 12.4. The van der Waals surface area contributed by atoms with Gasteiger partial charge in [-0.25, -0.2) is 9.97 Å². The van der Waals surface area contributed by atoms with Crippen LogP contribution in [0.15, 0.2) is 10.3 Å². The monoisotopic (exact) mass is 501 g/mol. The van der Waals surface area contributed by atoms with Gasteiger partial charge in [0.05, 0.1) is 13.2 Å². The van der Waals surface area contributed by atoms with Crippen molar-refractivity contribution < 1.29 is 19.7 Å². The van der Waals surface area contributed by atoms with E-state index in [1.54, 1.807) is 0 Å². The van der Waals surface area contributed by atoms with Gasteiger partial charge in [0.15, 0.2) is 32.3 Å². The van der Waals surface area contributed by atoms with E-state index in [0.717, 1.165) is 24.3 Å². The molecule has 0 aliphatic carbocycles. The molecule has 0 fully saturated rings. The zero-order valence-corrected chi connectivity index (χ0v) is 20.1. The van der Waals surface area contributed by atoms with Crippen LogP contribution in [-0.2, 0) is 0 Å². The first-order valence-electron chi connectivity index (χ1n) is 10.1. The van der Waals surface area contributed by atoms with Crippen molar-refractivity contribution in [1.29, 1.82) is 0 Å². The second-order valence-corrected chi connectivity index (χ2v) is 8.76. The summed E-state index contributed by atoms with van der Waals surface area (Å²) in [5.41, 5.74) is 0.884. The topological polar surface area (TPSA) is 141 Å². The van der Waals surface area contributed by atoms with Gasteiger partial charge in [-0.3, -0.25) is 0 Å². The number of halogens is 1. The average molecular weight is 502 g/mol.